The van der Waals surface area contributed by atoms with Gasteiger partial charge in [0.1, 0.15) is 0 Å². The Morgan fingerprint density at radius 3 is 2.85 bits per heavy atom. The van der Waals surface area contributed by atoms with Gasteiger partial charge in [-0.15, -0.1) is 0 Å². The molecular formula is C14H11N3O3. The van der Waals surface area contributed by atoms with Crippen molar-refractivity contribution in [3.8, 4) is 11.5 Å². The molecule has 3 rings (SSSR count). The smallest absolute Gasteiger partial charge is 0.250 e. The van der Waals surface area contributed by atoms with Gasteiger partial charge in [-0.1, -0.05) is 6.07 Å². The highest BCUT2D eigenvalue weighted by atomic mass is 16.7. The quantitative estimate of drug-likeness (QED) is 0.861. The summed E-state index contributed by atoms with van der Waals surface area (Å²) in [6.45, 7) is 0.230. The third kappa shape index (κ3) is 2.74. The lowest BCUT2D eigenvalue weighted by molar-refractivity contribution is -0.111. The molecule has 6 heteroatoms. The van der Waals surface area contributed by atoms with E-state index in [-0.39, 0.29) is 18.6 Å². The number of ether oxygens (including phenoxy) is 2. The third-order valence-electron chi connectivity index (χ3n) is 2.62. The molecule has 2 heterocycles. The first-order valence-corrected chi connectivity index (χ1v) is 5.97. The number of nitrogens with zero attached hydrogens (tertiary/aromatic N) is 2. The standard InChI is InChI=1S/C14H11N3O3/c18-13(17-14-15-6-1-7-16-14)5-3-10-2-4-11-12(8-10)20-9-19-11/h1-8H,9H2,(H,15,16,17,18)/b5-3+. The van der Waals surface area contributed by atoms with Crippen molar-refractivity contribution >= 4 is 17.9 Å². The van der Waals surface area contributed by atoms with Gasteiger partial charge >= 0.3 is 0 Å². The normalized spacial score (nSPS) is 12.6. The minimum Gasteiger partial charge on any atom is -0.454 e. The van der Waals surface area contributed by atoms with Crippen LogP contribution in [0.3, 0.4) is 0 Å². The van der Waals surface area contributed by atoms with Crippen LogP contribution < -0.4 is 14.8 Å². The van der Waals surface area contributed by atoms with Crippen LogP contribution in [0.4, 0.5) is 5.95 Å². The van der Waals surface area contributed by atoms with Crippen molar-refractivity contribution in [2.45, 2.75) is 0 Å². The number of amides is 1. The second-order valence-electron chi connectivity index (χ2n) is 4.01. The lowest BCUT2D eigenvalue weighted by Gasteiger charge is -1.99. The van der Waals surface area contributed by atoms with E-state index in [9.17, 15) is 4.79 Å². The highest BCUT2D eigenvalue weighted by molar-refractivity contribution is 6.00. The van der Waals surface area contributed by atoms with E-state index in [0.717, 1.165) is 5.56 Å². The van der Waals surface area contributed by atoms with Crippen molar-refractivity contribution in [3.63, 3.8) is 0 Å². The number of carbonyl (C=O) groups excluding carboxylic acids is 1. The number of nitrogens with one attached hydrogen (secondary N) is 1. The molecule has 1 amide bonds. The first-order valence-electron chi connectivity index (χ1n) is 5.97. The zero-order valence-electron chi connectivity index (χ0n) is 10.4. The van der Waals surface area contributed by atoms with Crippen molar-refractivity contribution in [1.29, 1.82) is 0 Å². The Labute approximate surface area is 115 Å². The predicted molar refractivity (Wildman–Crippen MR) is 72.3 cm³/mol. The fraction of sp³-hybridized carbons (Fsp3) is 0.0714. The summed E-state index contributed by atoms with van der Waals surface area (Å²) in [6.07, 6.45) is 6.21. The van der Waals surface area contributed by atoms with Gasteiger partial charge in [-0.3, -0.25) is 10.1 Å². The molecule has 1 N–H and O–H groups in total. The largest absolute Gasteiger partial charge is 0.454 e. The van der Waals surface area contributed by atoms with Crippen molar-refractivity contribution < 1.29 is 14.3 Å². The second kappa shape index (κ2) is 5.40. The summed E-state index contributed by atoms with van der Waals surface area (Å²) in [5.74, 6) is 1.37. The summed E-state index contributed by atoms with van der Waals surface area (Å²) < 4.78 is 10.5. The minimum atomic E-state index is -0.297. The molecule has 0 saturated carbocycles. The minimum absolute atomic E-state index is 0.230. The summed E-state index contributed by atoms with van der Waals surface area (Å²) in [7, 11) is 0. The van der Waals surface area contributed by atoms with Crippen LogP contribution in [0.25, 0.3) is 6.08 Å². The van der Waals surface area contributed by atoms with Crippen LogP contribution in [0.5, 0.6) is 11.5 Å². The fourth-order valence-corrected chi connectivity index (χ4v) is 1.70. The van der Waals surface area contributed by atoms with Gasteiger partial charge in [-0.2, -0.15) is 0 Å². The van der Waals surface area contributed by atoms with Crippen LogP contribution in [0.15, 0.2) is 42.7 Å². The highest BCUT2D eigenvalue weighted by Gasteiger charge is 2.12. The maximum atomic E-state index is 11.7. The molecule has 2 aromatic rings. The first kappa shape index (κ1) is 12.2. The maximum absolute atomic E-state index is 11.7. The van der Waals surface area contributed by atoms with Gasteiger partial charge in [0.2, 0.25) is 12.7 Å². The Morgan fingerprint density at radius 1 is 1.20 bits per heavy atom. The second-order valence-corrected chi connectivity index (χ2v) is 4.01. The van der Waals surface area contributed by atoms with Crippen LogP contribution in [0, 0.1) is 0 Å². The number of benzene rings is 1. The molecule has 0 unspecified atom stereocenters. The highest BCUT2D eigenvalue weighted by Crippen LogP contribution is 2.32. The number of anilines is 1. The average molecular weight is 269 g/mol. The molecule has 0 aliphatic carbocycles. The van der Waals surface area contributed by atoms with E-state index in [4.69, 9.17) is 9.47 Å². The first-order chi connectivity index (χ1) is 9.81. The molecule has 1 aliphatic rings. The molecule has 0 radical (unpaired) electrons. The summed E-state index contributed by atoms with van der Waals surface area (Å²) in [5.41, 5.74) is 0.846. The van der Waals surface area contributed by atoms with E-state index in [2.05, 4.69) is 15.3 Å². The number of aromatic nitrogens is 2. The number of hydrogen-bond acceptors (Lipinski definition) is 5. The molecule has 100 valence electrons. The third-order valence-corrected chi connectivity index (χ3v) is 2.62. The van der Waals surface area contributed by atoms with Gasteiger partial charge in [0.15, 0.2) is 11.5 Å². The van der Waals surface area contributed by atoms with Crippen molar-refractivity contribution in [1.82, 2.24) is 9.97 Å². The van der Waals surface area contributed by atoms with E-state index >= 15 is 0 Å². The van der Waals surface area contributed by atoms with Gasteiger partial charge in [0, 0.05) is 18.5 Å². The van der Waals surface area contributed by atoms with E-state index in [1.54, 1.807) is 30.6 Å². The van der Waals surface area contributed by atoms with Crippen LogP contribution in [0.1, 0.15) is 5.56 Å². The van der Waals surface area contributed by atoms with Crippen molar-refractivity contribution in [2.75, 3.05) is 12.1 Å². The van der Waals surface area contributed by atoms with Crippen molar-refractivity contribution in [2.24, 2.45) is 0 Å². The van der Waals surface area contributed by atoms with Gasteiger partial charge in [0.25, 0.3) is 5.91 Å². The molecule has 0 saturated heterocycles. The lowest BCUT2D eigenvalue weighted by Crippen LogP contribution is -2.10. The number of fused-ring (bicyclic) bond motifs is 1. The van der Waals surface area contributed by atoms with Crippen LogP contribution in [-0.4, -0.2) is 22.7 Å². The van der Waals surface area contributed by atoms with Gasteiger partial charge in [-0.05, 0) is 29.8 Å². The Kier molecular flexibility index (Phi) is 3.28. The number of carbonyl (C=O) groups is 1. The molecule has 0 bridgehead atoms. The molecule has 0 spiro atoms. The van der Waals surface area contributed by atoms with Crippen LogP contribution in [-0.2, 0) is 4.79 Å². The SMILES string of the molecule is O=C(/C=C/c1ccc2c(c1)OCO2)Nc1ncccn1. The van der Waals surface area contributed by atoms with Gasteiger partial charge in [0.05, 0.1) is 0 Å². The fourth-order valence-electron chi connectivity index (χ4n) is 1.70. The number of hydrogen-bond donors (Lipinski definition) is 1. The Bertz CT molecular complexity index is 656. The zero-order valence-corrected chi connectivity index (χ0v) is 10.4. The van der Waals surface area contributed by atoms with E-state index in [1.165, 1.54) is 6.08 Å². The maximum Gasteiger partial charge on any atom is 0.250 e. The monoisotopic (exact) mass is 269 g/mol. The molecule has 1 aromatic heterocycles. The summed E-state index contributed by atoms with van der Waals surface area (Å²) in [6, 6.07) is 7.14. The summed E-state index contributed by atoms with van der Waals surface area (Å²) in [5, 5.41) is 2.56. The van der Waals surface area contributed by atoms with E-state index in [0.29, 0.717) is 11.5 Å². The van der Waals surface area contributed by atoms with Crippen molar-refractivity contribution in [3.05, 3.63) is 48.3 Å². The van der Waals surface area contributed by atoms with E-state index < -0.39 is 0 Å². The summed E-state index contributed by atoms with van der Waals surface area (Å²) in [4.78, 5) is 19.5. The van der Waals surface area contributed by atoms with Gasteiger partial charge < -0.3 is 9.47 Å². The zero-order chi connectivity index (χ0) is 13.8. The number of rotatable bonds is 3. The molecule has 20 heavy (non-hydrogen) atoms. The predicted octanol–water partition coefficient (Wildman–Crippen LogP) is 1.86. The Morgan fingerprint density at radius 2 is 2.00 bits per heavy atom. The topological polar surface area (TPSA) is 73.3 Å². The van der Waals surface area contributed by atoms with Crippen LogP contribution in [0.2, 0.25) is 0 Å². The molecule has 6 nitrogen and oxygen atoms in total. The molecule has 0 fully saturated rings. The Hall–Kier alpha value is -2.89. The van der Waals surface area contributed by atoms with Crippen LogP contribution >= 0.6 is 0 Å². The molecular weight excluding hydrogens is 258 g/mol. The molecule has 1 aliphatic heterocycles. The van der Waals surface area contributed by atoms with Gasteiger partial charge in [-0.25, -0.2) is 9.97 Å². The molecule has 1 aromatic carbocycles. The Balaban J connectivity index is 1.66. The molecule has 0 atom stereocenters. The summed E-state index contributed by atoms with van der Waals surface area (Å²) >= 11 is 0. The lowest BCUT2D eigenvalue weighted by atomic mass is 10.2. The average Bonchev–Trinajstić information content (AvgIpc) is 2.93. The van der Waals surface area contributed by atoms with E-state index in [1.807, 2.05) is 12.1 Å².